The Bertz CT molecular complexity index is 250. The summed E-state index contributed by atoms with van der Waals surface area (Å²) < 4.78 is 0. The van der Waals surface area contributed by atoms with Gasteiger partial charge in [-0.3, -0.25) is 0 Å². The van der Waals surface area contributed by atoms with Gasteiger partial charge in [-0.2, -0.15) is 0 Å². The standard InChI is InChI=1S/C9H10O2/c10-9(11)5-8-4-6-1-2-7(8)3-6/h1-2,5-7H,3-4H2,(H,10,11)/b8-5-. The van der Waals surface area contributed by atoms with Crippen molar-refractivity contribution in [1.82, 2.24) is 0 Å². The monoisotopic (exact) mass is 150 g/mol. The van der Waals surface area contributed by atoms with E-state index in [4.69, 9.17) is 5.11 Å². The van der Waals surface area contributed by atoms with Crippen molar-refractivity contribution in [3.63, 3.8) is 0 Å². The number of carbonyl (C=O) groups is 1. The molecule has 11 heavy (non-hydrogen) atoms. The van der Waals surface area contributed by atoms with Crippen molar-refractivity contribution in [3.8, 4) is 0 Å². The number of rotatable bonds is 1. The van der Waals surface area contributed by atoms with E-state index in [1.165, 1.54) is 6.08 Å². The Kier molecular flexibility index (Phi) is 1.34. The molecule has 2 unspecified atom stereocenters. The van der Waals surface area contributed by atoms with Crippen molar-refractivity contribution >= 4 is 5.97 Å². The first-order valence-corrected chi connectivity index (χ1v) is 3.87. The van der Waals surface area contributed by atoms with Crippen molar-refractivity contribution in [3.05, 3.63) is 23.8 Å². The molecule has 2 aliphatic carbocycles. The number of carboxylic acids is 1. The fraction of sp³-hybridized carbons (Fsp3) is 0.444. The van der Waals surface area contributed by atoms with Crippen LogP contribution in [0.4, 0.5) is 0 Å². The van der Waals surface area contributed by atoms with Gasteiger partial charge in [0.1, 0.15) is 0 Å². The predicted molar refractivity (Wildman–Crippen MR) is 41.1 cm³/mol. The molecule has 1 fully saturated rings. The third-order valence-corrected chi connectivity index (χ3v) is 2.46. The molecular formula is C9H10O2. The molecule has 0 aliphatic heterocycles. The molecule has 2 aliphatic rings. The van der Waals surface area contributed by atoms with Gasteiger partial charge < -0.3 is 5.11 Å². The summed E-state index contributed by atoms with van der Waals surface area (Å²) in [7, 11) is 0. The molecule has 2 bridgehead atoms. The van der Waals surface area contributed by atoms with Gasteiger partial charge in [0.15, 0.2) is 0 Å². The summed E-state index contributed by atoms with van der Waals surface area (Å²) in [4.78, 5) is 10.3. The van der Waals surface area contributed by atoms with Crippen molar-refractivity contribution in [1.29, 1.82) is 0 Å². The number of aliphatic carboxylic acids is 1. The summed E-state index contributed by atoms with van der Waals surface area (Å²) in [5.41, 5.74) is 1.10. The molecule has 0 aromatic carbocycles. The third-order valence-electron chi connectivity index (χ3n) is 2.46. The van der Waals surface area contributed by atoms with Crippen LogP contribution in [-0.2, 0) is 4.79 Å². The number of carboxylic acid groups (broad SMARTS) is 1. The molecule has 2 nitrogen and oxygen atoms in total. The van der Waals surface area contributed by atoms with Crippen LogP contribution in [0.25, 0.3) is 0 Å². The maximum Gasteiger partial charge on any atom is 0.328 e. The number of fused-ring (bicyclic) bond motifs is 2. The van der Waals surface area contributed by atoms with Crippen LogP contribution >= 0.6 is 0 Å². The molecule has 2 atom stereocenters. The maximum absolute atomic E-state index is 10.3. The van der Waals surface area contributed by atoms with Gasteiger partial charge in [-0.15, -0.1) is 0 Å². The molecule has 1 saturated carbocycles. The topological polar surface area (TPSA) is 37.3 Å². The van der Waals surface area contributed by atoms with E-state index < -0.39 is 5.97 Å². The van der Waals surface area contributed by atoms with Gasteiger partial charge in [-0.1, -0.05) is 17.7 Å². The quantitative estimate of drug-likeness (QED) is 0.455. The number of hydrogen-bond donors (Lipinski definition) is 1. The Morgan fingerprint density at radius 3 is 2.91 bits per heavy atom. The van der Waals surface area contributed by atoms with Gasteiger partial charge in [-0.25, -0.2) is 4.79 Å². The summed E-state index contributed by atoms with van der Waals surface area (Å²) in [6, 6.07) is 0. The Hall–Kier alpha value is -1.05. The van der Waals surface area contributed by atoms with Crippen molar-refractivity contribution < 1.29 is 9.90 Å². The number of allylic oxidation sites excluding steroid dienone is 3. The van der Waals surface area contributed by atoms with E-state index in [1.54, 1.807) is 0 Å². The minimum atomic E-state index is -0.805. The zero-order valence-corrected chi connectivity index (χ0v) is 6.16. The van der Waals surface area contributed by atoms with E-state index in [2.05, 4.69) is 12.2 Å². The van der Waals surface area contributed by atoms with E-state index in [0.29, 0.717) is 11.8 Å². The maximum atomic E-state index is 10.3. The minimum absolute atomic E-state index is 0.441. The lowest BCUT2D eigenvalue weighted by atomic mass is 10.0. The smallest absolute Gasteiger partial charge is 0.328 e. The van der Waals surface area contributed by atoms with Crippen molar-refractivity contribution in [2.24, 2.45) is 11.8 Å². The van der Waals surface area contributed by atoms with Gasteiger partial charge in [-0.05, 0) is 24.7 Å². The van der Waals surface area contributed by atoms with Gasteiger partial charge in [0, 0.05) is 6.08 Å². The van der Waals surface area contributed by atoms with Crippen molar-refractivity contribution in [2.75, 3.05) is 0 Å². The van der Waals surface area contributed by atoms with Gasteiger partial charge >= 0.3 is 5.97 Å². The zero-order valence-electron chi connectivity index (χ0n) is 6.16. The Balaban J connectivity index is 2.20. The molecule has 0 aromatic heterocycles. The molecular weight excluding hydrogens is 140 g/mol. The first kappa shape index (κ1) is 6.65. The molecule has 58 valence electrons. The lowest BCUT2D eigenvalue weighted by Crippen LogP contribution is -1.97. The molecule has 0 radical (unpaired) electrons. The molecule has 2 heteroatoms. The third kappa shape index (κ3) is 1.09. The van der Waals surface area contributed by atoms with Crippen LogP contribution in [-0.4, -0.2) is 11.1 Å². The molecule has 0 saturated heterocycles. The SMILES string of the molecule is O=C(O)/C=C1/CC2C=CC1C2. The van der Waals surface area contributed by atoms with E-state index in [9.17, 15) is 4.79 Å². The van der Waals surface area contributed by atoms with Crippen LogP contribution in [0.2, 0.25) is 0 Å². The largest absolute Gasteiger partial charge is 0.478 e. The van der Waals surface area contributed by atoms with Crippen LogP contribution in [0.15, 0.2) is 23.8 Å². The van der Waals surface area contributed by atoms with Crippen LogP contribution in [0.3, 0.4) is 0 Å². The minimum Gasteiger partial charge on any atom is -0.478 e. The second-order valence-electron chi connectivity index (χ2n) is 3.25. The molecule has 2 rings (SSSR count). The highest BCUT2D eigenvalue weighted by Crippen LogP contribution is 2.42. The van der Waals surface area contributed by atoms with Crippen LogP contribution in [0.5, 0.6) is 0 Å². The lowest BCUT2D eigenvalue weighted by Gasteiger charge is -2.05. The van der Waals surface area contributed by atoms with E-state index in [-0.39, 0.29) is 0 Å². The Morgan fingerprint density at radius 1 is 1.64 bits per heavy atom. The van der Waals surface area contributed by atoms with E-state index >= 15 is 0 Å². The van der Waals surface area contributed by atoms with E-state index in [1.807, 2.05) is 0 Å². The predicted octanol–water partition coefficient (Wildman–Crippen LogP) is 1.59. The van der Waals surface area contributed by atoms with Gasteiger partial charge in [0.2, 0.25) is 0 Å². The first-order valence-electron chi connectivity index (χ1n) is 3.87. The van der Waals surface area contributed by atoms with Crippen molar-refractivity contribution in [2.45, 2.75) is 12.8 Å². The highest BCUT2D eigenvalue weighted by molar-refractivity contribution is 5.81. The average Bonchev–Trinajstić information content (AvgIpc) is 2.45. The molecule has 0 aromatic rings. The lowest BCUT2D eigenvalue weighted by molar-refractivity contribution is -0.131. The van der Waals surface area contributed by atoms with E-state index in [0.717, 1.165) is 18.4 Å². The average molecular weight is 150 g/mol. The molecule has 0 spiro atoms. The first-order chi connectivity index (χ1) is 5.25. The summed E-state index contributed by atoms with van der Waals surface area (Å²) in [6.45, 7) is 0. The fourth-order valence-corrected chi connectivity index (χ4v) is 1.98. The zero-order chi connectivity index (χ0) is 7.84. The highest BCUT2D eigenvalue weighted by atomic mass is 16.4. The summed E-state index contributed by atoms with van der Waals surface area (Å²) in [5, 5.41) is 8.50. The number of hydrogen-bond acceptors (Lipinski definition) is 1. The Labute approximate surface area is 65.2 Å². The van der Waals surface area contributed by atoms with Gasteiger partial charge in [0.05, 0.1) is 0 Å². The fourth-order valence-electron chi connectivity index (χ4n) is 1.98. The second kappa shape index (κ2) is 2.22. The summed E-state index contributed by atoms with van der Waals surface area (Å²) in [5.74, 6) is 0.266. The molecule has 1 N–H and O–H groups in total. The van der Waals surface area contributed by atoms with Crippen LogP contribution < -0.4 is 0 Å². The molecule has 0 heterocycles. The summed E-state index contributed by atoms with van der Waals surface area (Å²) in [6.07, 6.45) is 7.80. The highest BCUT2D eigenvalue weighted by Gasteiger charge is 2.30. The van der Waals surface area contributed by atoms with Gasteiger partial charge in [0.25, 0.3) is 0 Å². The summed E-state index contributed by atoms with van der Waals surface area (Å²) >= 11 is 0. The second-order valence-corrected chi connectivity index (χ2v) is 3.25. The molecule has 0 amide bonds. The van der Waals surface area contributed by atoms with Crippen LogP contribution in [0, 0.1) is 11.8 Å². The normalized spacial score (nSPS) is 36.9. The van der Waals surface area contributed by atoms with Crippen LogP contribution in [0.1, 0.15) is 12.8 Å². The Morgan fingerprint density at radius 2 is 2.45 bits per heavy atom.